The van der Waals surface area contributed by atoms with Gasteiger partial charge < -0.3 is 24.6 Å². The third kappa shape index (κ3) is 4.34. The quantitative estimate of drug-likeness (QED) is 0.825. The molecule has 3 rings (SSSR count). The number of carbonyl (C=O) groups excluding carboxylic acids is 1. The van der Waals surface area contributed by atoms with Gasteiger partial charge >= 0.3 is 0 Å². The number of hydrogen-bond donors (Lipinski definition) is 1. The van der Waals surface area contributed by atoms with Crippen molar-refractivity contribution in [3.8, 4) is 11.5 Å². The summed E-state index contributed by atoms with van der Waals surface area (Å²) < 4.78 is 10.8. The van der Waals surface area contributed by atoms with Gasteiger partial charge in [-0.1, -0.05) is 11.6 Å². The molecular formula is C21H26ClN3O3. The second-order valence-corrected chi connectivity index (χ2v) is 7.35. The SMILES string of the molecule is COc1cc(C(=O)Nc2cc(Cl)ccc2N2CCN(C)CC2)cc(OC)c1C. The maximum Gasteiger partial charge on any atom is 0.255 e. The molecular weight excluding hydrogens is 378 g/mol. The van der Waals surface area contributed by atoms with Gasteiger partial charge in [-0.05, 0) is 44.3 Å². The molecule has 6 nitrogen and oxygen atoms in total. The Hall–Kier alpha value is -2.44. The van der Waals surface area contributed by atoms with Crippen LogP contribution in [0.5, 0.6) is 11.5 Å². The number of nitrogens with one attached hydrogen (secondary N) is 1. The van der Waals surface area contributed by atoms with E-state index in [1.54, 1.807) is 32.4 Å². The first-order valence-electron chi connectivity index (χ1n) is 9.20. The zero-order chi connectivity index (χ0) is 20.3. The maximum atomic E-state index is 13.0. The fourth-order valence-corrected chi connectivity index (χ4v) is 3.52. The van der Waals surface area contributed by atoms with E-state index >= 15 is 0 Å². The molecule has 0 atom stereocenters. The van der Waals surface area contributed by atoms with Crippen LogP contribution in [0.4, 0.5) is 11.4 Å². The first kappa shape index (κ1) is 20.3. The Morgan fingerprint density at radius 2 is 1.64 bits per heavy atom. The van der Waals surface area contributed by atoms with Gasteiger partial charge in [0.25, 0.3) is 5.91 Å². The third-order valence-corrected chi connectivity index (χ3v) is 5.30. The van der Waals surface area contributed by atoms with Crippen LogP contribution in [0.25, 0.3) is 0 Å². The third-order valence-electron chi connectivity index (χ3n) is 5.07. The molecule has 1 fully saturated rings. The largest absolute Gasteiger partial charge is 0.496 e. The highest BCUT2D eigenvalue weighted by Crippen LogP contribution is 2.32. The second-order valence-electron chi connectivity index (χ2n) is 6.91. The van der Waals surface area contributed by atoms with Gasteiger partial charge in [-0.15, -0.1) is 0 Å². The average molecular weight is 404 g/mol. The van der Waals surface area contributed by atoms with Crippen molar-refractivity contribution in [3.63, 3.8) is 0 Å². The first-order valence-corrected chi connectivity index (χ1v) is 9.57. The number of ether oxygens (including phenoxy) is 2. The van der Waals surface area contributed by atoms with Crippen LogP contribution in [0.3, 0.4) is 0 Å². The predicted octanol–water partition coefficient (Wildman–Crippen LogP) is 3.67. The van der Waals surface area contributed by atoms with Gasteiger partial charge in [0.15, 0.2) is 0 Å². The fourth-order valence-electron chi connectivity index (χ4n) is 3.34. The van der Waals surface area contributed by atoms with Crippen LogP contribution in [0.1, 0.15) is 15.9 Å². The number of nitrogens with zero attached hydrogens (tertiary/aromatic N) is 2. The number of carbonyl (C=O) groups is 1. The van der Waals surface area contributed by atoms with E-state index in [-0.39, 0.29) is 5.91 Å². The highest BCUT2D eigenvalue weighted by molar-refractivity contribution is 6.31. The van der Waals surface area contributed by atoms with Crippen LogP contribution in [0, 0.1) is 6.92 Å². The Balaban J connectivity index is 1.89. The molecule has 0 aliphatic carbocycles. The zero-order valence-corrected chi connectivity index (χ0v) is 17.5. The number of hydrogen-bond acceptors (Lipinski definition) is 5. The highest BCUT2D eigenvalue weighted by Gasteiger charge is 2.20. The van der Waals surface area contributed by atoms with E-state index in [2.05, 4.69) is 22.2 Å². The number of benzene rings is 2. The summed E-state index contributed by atoms with van der Waals surface area (Å²) in [4.78, 5) is 17.5. The summed E-state index contributed by atoms with van der Waals surface area (Å²) in [6, 6.07) is 9.03. The molecule has 1 amide bonds. The van der Waals surface area contributed by atoms with Crippen molar-refractivity contribution in [2.24, 2.45) is 0 Å². The van der Waals surface area contributed by atoms with Crippen molar-refractivity contribution >= 4 is 28.9 Å². The normalized spacial score (nSPS) is 14.7. The van der Waals surface area contributed by atoms with E-state index in [0.717, 1.165) is 37.4 Å². The zero-order valence-electron chi connectivity index (χ0n) is 16.7. The Morgan fingerprint density at radius 1 is 1.04 bits per heavy atom. The van der Waals surface area contributed by atoms with Crippen LogP contribution >= 0.6 is 11.6 Å². The molecule has 1 aliphatic rings. The van der Waals surface area contributed by atoms with E-state index in [9.17, 15) is 4.79 Å². The molecule has 1 saturated heterocycles. The predicted molar refractivity (Wildman–Crippen MR) is 113 cm³/mol. The molecule has 0 aromatic heterocycles. The fraction of sp³-hybridized carbons (Fsp3) is 0.381. The van der Waals surface area contributed by atoms with E-state index in [0.29, 0.717) is 27.8 Å². The van der Waals surface area contributed by atoms with Crippen molar-refractivity contribution in [2.45, 2.75) is 6.92 Å². The smallest absolute Gasteiger partial charge is 0.255 e. The number of piperazine rings is 1. The Bertz CT molecular complexity index is 839. The summed E-state index contributed by atoms with van der Waals surface area (Å²) >= 11 is 6.21. The Morgan fingerprint density at radius 3 is 2.21 bits per heavy atom. The van der Waals surface area contributed by atoms with Crippen molar-refractivity contribution in [3.05, 3.63) is 46.5 Å². The van der Waals surface area contributed by atoms with Crippen molar-refractivity contribution in [2.75, 3.05) is 57.7 Å². The summed E-state index contributed by atoms with van der Waals surface area (Å²) in [6.45, 7) is 5.63. The molecule has 1 N–H and O–H groups in total. The van der Waals surface area contributed by atoms with E-state index in [4.69, 9.17) is 21.1 Å². The molecule has 1 aliphatic heterocycles. The van der Waals surface area contributed by atoms with Crippen LogP contribution in [0.2, 0.25) is 5.02 Å². The maximum absolute atomic E-state index is 13.0. The summed E-state index contributed by atoms with van der Waals surface area (Å²) in [7, 11) is 5.26. The minimum atomic E-state index is -0.241. The molecule has 0 bridgehead atoms. The second kappa shape index (κ2) is 8.71. The van der Waals surface area contributed by atoms with E-state index in [1.807, 2.05) is 19.1 Å². The molecule has 0 saturated carbocycles. The number of likely N-dealkylation sites (N-methyl/N-ethyl adjacent to an activating group) is 1. The summed E-state index contributed by atoms with van der Waals surface area (Å²) in [5.41, 5.74) is 2.98. The Labute approximate surface area is 171 Å². The lowest BCUT2D eigenvalue weighted by Crippen LogP contribution is -2.44. The van der Waals surface area contributed by atoms with Gasteiger partial charge in [-0.2, -0.15) is 0 Å². The highest BCUT2D eigenvalue weighted by atomic mass is 35.5. The number of methoxy groups -OCH3 is 2. The van der Waals surface area contributed by atoms with Gasteiger partial charge in [0, 0.05) is 42.3 Å². The van der Waals surface area contributed by atoms with Crippen LogP contribution in [-0.4, -0.2) is 58.3 Å². The standard InChI is InChI=1S/C21H26ClN3O3/c1-14-19(27-3)11-15(12-20(14)28-4)21(26)23-17-13-16(22)5-6-18(17)25-9-7-24(2)8-10-25/h5-6,11-13H,7-10H2,1-4H3,(H,23,26). The summed E-state index contributed by atoms with van der Waals surface area (Å²) in [5, 5.41) is 3.58. The number of anilines is 2. The van der Waals surface area contributed by atoms with Crippen molar-refractivity contribution in [1.82, 2.24) is 4.90 Å². The van der Waals surface area contributed by atoms with Crippen LogP contribution in [-0.2, 0) is 0 Å². The lowest BCUT2D eigenvalue weighted by molar-refractivity contribution is 0.102. The van der Waals surface area contributed by atoms with Gasteiger partial charge in [0.05, 0.1) is 25.6 Å². The molecule has 0 radical (unpaired) electrons. The molecule has 2 aromatic carbocycles. The van der Waals surface area contributed by atoms with Crippen LogP contribution < -0.4 is 19.7 Å². The molecule has 150 valence electrons. The van der Waals surface area contributed by atoms with E-state index in [1.165, 1.54) is 0 Å². The number of amides is 1. The Kier molecular flexibility index (Phi) is 6.31. The van der Waals surface area contributed by atoms with Gasteiger partial charge in [0.2, 0.25) is 0 Å². The minimum absolute atomic E-state index is 0.241. The summed E-state index contributed by atoms with van der Waals surface area (Å²) in [6.07, 6.45) is 0. The number of rotatable bonds is 5. The van der Waals surface area contributed by atoms with Crippen molar-refractivity contribution in [1.29, 1.82) is 0 Å². The molecule has 28 heavy (non-hydrogen) atoms. The lowest BCUT2D eigenvalue weighted by atomic mass is 10.1. The average Bonchev–Trinajstić information content (AvgIpc) is 2.69. The molecule has 1 heterocycles. The topological polar surface area (TPSA) is 54.0 Å². The molecule has 7 heteroatoms. The van der Waals surface area contributed by atoms with Crippen LogP contribution in [0.15, 0.2) is 30.3 Å². The number of halogens is 1. The molecule has 0 spiro atoms. The van der Waals surface area contributed by atoms with Crippen molar-refractivity contribution < 1.29 is 14.3 Å². The van der Waals surface area contributed by atoms with Gasteiger partial charge in [0.1, 0.15) is 11.5 Å². The monoisotopic (exact) mass is 403 g/mol. The first-order chi connectivity index (χ1) is 13.4. The summed E-state index contributed by atoms with van der Waals surface area (Å²) in [5.74, 6) is 0.971. The lowest BCUT2D eigenvalue weighted by Gasteiger charge is -2.35. The minimum Gasteiger partial charge on any atom is -0.496 e. The molecule has 0 unspecified atom stereocenters. The van der Waals surface area contributed by atoms with E-state index < -0.39 is 0 Å². The molecule has 2 aromatic rings. The van der Waals surface area contributed by atoms with Gasteiger partial charge in [-0.25, -0.2) is 0 Å². The van der Waals surface area contributed by atoms with Gasteiger partial charge in [-0.3, -0.25) is 4.79 Å².